The third kappa shape index (κ3) is 70.1. The van der Waals surface area contributed by atoms with E-state index in [2.05, 4.69) is 0 Å². The van der Waals surface area contributed by atoms with E-state index >= 15 is 0 Å². The SMILES string of the molecule is CC(C)(C)OC(=O)CCOCCOCCOCCOCCOCCOCCOCCOCCOCCOCCOCCOCCOCCOCCOCCOCCOCCOCCOCCOCCOCCC(=O)O. The summed E-state index contributed by atoms with van der Waals surface area (Å²) < 4.78 is 120. The van der Waals surface area contributed by atoms with E-state index < -0.39 is 11.6 Å². The van der Waals surface area contributed by atoms with E-state index in [1.54, 1.807) is 0 Å². The van der Waals surface area contributed by atoms with Crippen LogP contribution in [0.4, 0.5) is 0 Å². The predicted octanol–water partition coefficient (Wildman–Crippen LogP) is 1.54. The topological polar surface area (TPSA) is 257 Å². The summed E-state index contributed by atoms with van der Waals surface area (Å²) in [5.74, 6) is -1.15. The highest BCUT2D eigenvalue weighted by Crippen LogP contribution is 2.08. The summed E-state index contributed by atoms with van der Waals surface area (Å²) in [5.41, 5.74) is -0.484. The largest absolute Gasteiger partial charge is 0.481 e. The lowest BCUT2D eigenvalue weighted by atomic mass is 10.2. The maximum absolute atomic E-state index is 11.6. The van der Waals surface area contributed by atoms with Crippen molar-refractivity contribution >= 4 is 11.9 Å². The van der Waals surface area contributed by atoms with Crippen molar-refractivity contribution < 1.29 is 119 Å². The zero-order valence-corrected chi connectivity index (χ0v) is 45.9. The van der Waals surface area contributed by atoms with Crippen molar-refractivity contribution in [3.8, 4) is 0 Å². The third-order valence-electron chi connectivity index (χ3n) is 8.77. The number of aliphatic carboxylic acids is 1. The molecular weight excluding hydrogens is 1000 g/mol. The van der Waals surface area contributed by atoms with Gasteiger partial charge in [-0.2, -0.15) is 0 Å². The molecule has 0 radical (unpaired) electrons. The van der Waals surface area contributed by atoms with Crippen LogP contribution in [0.25, 0.3) is 0 Å². The molecule has 0 atom stereocenters. The van der Waals surface area contributed by atoms with Gasteiger partial charge in [0, 0.05) is 0 Å². The normalized spacial score (nSPS) is 11.8. The highest BCUT2D eigenvalue weighted by molar-refractivity contribution is 5.69. The maximum Gasteiger partial charge on any atom is 0.308 e. The second-order valence-corrected chi connectivity index (χ2v) is 16.3. The molecule has 0 bridgehead atoms. The van der Waals surface area contributed by atoms with Crippen LogP contribution >= 0.6 is 0 Å². The quantitative estimate of drug-likeness (QED) is 0.0669. The van der Waals surface area contributed by atoms with Crippen molar-refractivity contribution in [1.82, 2.24) is 0 Å². The lowest BCUT2D eigenvalue weighted by molar-refractivity contribution is -0.156. The molecule has 25 heteroatoms. The van der Waals surface area contributed by atoms with Crippen LogP contribution in [-0.2, 0) is 114 Å². The molecule has 0 amide bonds. The molecule has 0 heterocycles. The zero-order valence-electron chi connectivity index (χ0n) is 45.9. The summed E-state index contributed by atoms with van der Waals surface area (Å²) in [6.45, 7) is 24.7. The second kappa shape index (κ2) is 62.9. The van der Waals surface area contributed by atoms with Crippen LogP contribution in [0.5, 0.6) is 0 Å². The zero-order chi connectivity index (χ0) is 54.3. The maximum atomic E-state index is 11.6. The van der Waals surface area contributed by atoms with Gasteiger partial charge in [-0.25, -0.2) is 0 Å². The van der Waals surface area contributed by atoms with Gasteiger partial charge in [-0.05, 0) is 20.8 Å². The first-order chi connectivity index (χ1) is 36.8. The fraction of sp³-hybridized carbons (Fsp3) is 0.960. The summed E-state index contributed by atoms with van der Waals surface area (Å²) >= 11 is 0. The first kappa shape index (κ1) is 73.1. The van der Waals surface area contributed by atoms with Crippen LogP contribution in [0, 0.1) is 0 Å². The van der Waals surface area contributed by atoms with E-state index in [1.807, 2.05) is 20.8 Å². The molecule has 0 unspecified atom stereocenters. The van der Waals surface area contributed by atoms with Gasteiger partial charge < -0.3 is 109 Å². The van der Waals surface area contributed by atoms with Gasteiger partial charge in [0.1, 0.15) is 5.60 Å². The van der Waals surface area contributed by atoms with Crippen molar-refractivity contribution in [3.63, 3.8) is 0 Å². The average Bonchev–Trinajstić information content (AvgIpc) is 3.38. The number of ether oxygens (including phenoxy) is 22. The van der Waals surface area contributed by atoms with Gasteiger partial charge in [-0.1, -0.05) is 0 Å². The van der Waals surface area contributed by atoms with Crippen LogP contribution in [0.15, 0.2) is 0 Å². The highest BCUT2D eigenvalue weighted by Gasteiger charge is 2.15. The molecule has 0 fully saturated rings. The van der Waals surface area contributed by atoms with Crippen LogP contribution in [0.3, 0.4) is 0 Å². The highest BCUT2D eigenvalue weighted by atomic mass is 16.6. The van der Waals surface area contributed by atoms with Gasteiger partial charge in [-0.15, -0.1) is 0 Å². The Bertz CT molecular complexity index is 1130. The molecule has 0 spiro atoms. The number of esters is 1. The lowest BCUT2D eigenvalue weighted by Gasteiger charge is -2.19. The predicted molar refractivity (Wildman–Crippen MR) is 270 cm³/mol. The van der Waals surface area contributed by atoms with Gasteiger partial charge in [0.25, 0.3) is 0 Å². The lowest BCUT2D eigenvalue weighted by Crippen LogP contribution is -2.24. The molecule has 448 valence electrons. The average molecular weight is 1100 g/mol. The van der Waals surface area contributed by atoms with Crippen molar-refractivity contribution in [2.45, 2.75) is 39.2 Å². The summed E-state index contributed by atoms with van der Waals surface area (Å²) in [7, 11) is 0. The van der Waals surface area contributed by atoms with Crippen LogP contribution < -0.4 is 0 Å². The standard InChI is InChI=1S/C50H98O25/c1-50(2,3)75-49(53)5-7-55-9-11-57-13-15-59-17-19-61-21-23-63-25-27-65-29-31-67-33-35-69-37-39-71-41-43-73-45-47-74-46-44-72-42-40-70-38-36-68-34-32-66-30-28-64-26-24-62-22-20-60-18-16-58-14-12-56-10-8-54-6-4-48(51)52/h4-47H2,1-3H3,(H,51,52). The van der Waals surface area contributed by atoms with E-state index in [0.717, 1.165) is 0 Å². The monoisotopic (exact) mass is 1100 g/mol. The summed E-state index contributed by atoms with van der Waals surface area (Å²) in [6, 6.07) is 0. The summed E-state index contributed by atoms with van der Waals surface area (Å²) in [6.07, 6.45) is 0.213. The van der Waals surface area contributed by atoms with Crippen molar-refractivity contribution in [3.05, 3.63) is 0 Å². The molecule has 0 aliphatic rings. The third-order valence-corrected chi connectivity index (χ3v) is 8.77. The van der Waals surface area contributed by atoms with Crippen LogP contribution in [0.2, 0.25) is 0 Å². The smallest absolute Gasteiger partial charge is 0.308 e. The molecule has 0 aromatic carbocycles. The molecule has 0 aliphatic carbocycles. The van der Waals surface area contributed by atoms with Crippen molar-refractivity contribution in [1.29, 1.82) is 0 Å². The molecule has 25 nitrogen and oxygen atoms in total. The van der Waals surface area contributed by atoms with E-state index in [9.17, 15) is 9.59 Å². The minimum Gasteiger partial charge on any atom is -0.481 e. The van der Waals surface area contributed by atoms with Crippen molar-refractivity contribution in [2.24, 2.45) is 0 Å². The van der Waals surface area contributed by atoms with Gasteiger partial charge in [0.2, 0.25) is 0 Å². The summed E-state index contributed by atoms with van der Waals surface area (Å²) in [5, 5.41) is 8.52. The fourth-order valence-corrected chi connectivity index (χ4v) is 5.21. The second-order valence-electron chi connectivity index (χ2n) is 16.3. The number of carbonyl (C=O) groups is 2. The molecule has 1 N–H and O–H groups in total. The molecular formula is C50H98O25. The molecule has 75 heavy (non-hydrogen) atoms. The fourth-order valence-electron chi connectivity index (χ4n) is 5.21. The Morgan fingerprint density at radius 2 is 0.347 bits per heavy atom. The molecule has 0 aromatic rings. The van der Waals surface area contributed by atoms with Gasteiger partial charge in [0.15, 0.2) is 0 Å². The Labute approximate surface area is 446 Å². The van der Waals surface area contributed by atoms with Crippen molar-refractivity contribution in [2.75, 3.05) is 277 Å². The van der Waals surface area contributed by atoms with E-state index in [0.29, 0.717) is 271 Å². The van der Waals surface area contributed by atoms with E-state index in [1.165, 1.54) is 0 Å². The Morgan fingerprint density at radius 1 is 0.227 bits per heavy atom. The Kier molecular flexibility index (Phi) is 61.3. The summed E-state index contributed by atoms with van der Waals surface area (Å²) in [4.78, 5) is 22.0. The number of rotatable bonds is 66. The molecule has 0 saturated carbocycles. The molecule has 0 rings (SSSR count). The number of carboxylic acid groups (broad SMARTS) is 1. The first-order valence-electron chi connectivity index (χ1n) is 26.4. The molecule has 0 aromatic heterocycles. The first-order valence-corrected chi connectivity index (χ1v) is 26.4. The number of carbonyl (C=O) groups excluding carboxylic acids is 1. The number of carboxylic acids is 1. The molecule has 0 aliphatic heterocycles. The van der Waals surface area contributed by atoms with Gasteiger partial charge in [0.05, 0.1) is 290 Å². The van der Waals surface area contributed by atoms with Gasteiger partial charge in [-0.3, -0.25) is 9.59 Å². The van der Waals surface area contributed by atoms with E-state index in [-0.39, 0.29) is 25.4 Å². The number of hydrogen-bond donors (Lipinski definition) is 1. The minimum absolute atomic E-state index is 0.00995. The Balaban J connectivity index is 3.10. The Hall–Kier alpha value is -1.90. The minimum atomic E-state index is -0.880. The van der Waals surface area contributed by atoms with E-state index in [4.69, 9.17) is 109 Å². The molecule has 0 saturated heterocycles. The Morgan fingerprint density at radius 3 is 0.467 bits per heavy atom. The van der Waals surface area contributed by atoms with Crippen LogP contribution in [-0.4, -0.2) is 300 Å². The number of hydrogen-bond acceptors (Lipinski definition) is 24. The van der Waals surface area contributed by atoms with Gasteiger partial charge >= 0.3 is 11.9 Å². The van der Waals surface area contributed by atoms with Crippen LogP contribution in [0.1, 0.15) is 33.6 Å².